The molecule has 0 spiro atoms. The lowest BCUT2D eigenvalue weighted by atomic mass is 10.1. The van der Waals surface area contributed by atoms with Crippen LogP contribution in [0.15, 0.2) is 12.3 Å². The van der Waals surface area contributed by atoms with Crippen LogP contribution in [0.3, 0.4) is 0 Å². The van der Waals surface area contributed by atoms with Gasteiger partial charge in [-0.05, 0) is 6.07 Å². The second-order valence-corrected chi connectivity index (χ2v) is 3.44. The Morgan fingerprint density at radius 3 is 3.21 bits per heavy atom. The van der Waals surface area contributed by atoms with Gasteiger partial charge in [-0.3, -0.25) is 5.32 Å². The van der Waals surface area contributed by atoms with Crippen LogP contribution in [0.4, 0.5) is 0 Å². The van der Waals surface area contributed by atoms with Crippen LogP contribution in [0, 0.1) is 0 Å². The fourth-order valence-electron chi connectivity index (χ4n) is 1.45. The SMILES string of the molecule is COc1ncc(Cl)cc1C1CNCO1. The molecule has 1 aromatic rings. The molecule has 2 rings (SSSR count). The molecule has 76 valence electrons. The molecule has 1 aliphatic heterocycles. The van der Waals surface area contributed by atoms with E-state index in [2.05, 4.69) is 10.3 Å². The molecule has 0 amide bonds. The average Bonchev–Trinajstić information content (AvgIpc) is 2.70. The molecule has 1 N–H and O–H groups in total. The average molecular weight is 215 g/mol. The predicted octanol–water partition coefficient (Wildman–Crippen LogP) is 1.36. The van der Waals surface area contributed by atoms with Crippen molar-refractivity contribution in [3.63, 3.8) is 0 Å². The largest absolute Gasteiger partial charge is 0.481 e. The summed E-state index contributed by atoms with van der Waals surface area (Å²) in [4.78, 5) is 4.08. The molecule has 5 heteroatoms. The van der Waals surface area contributed by atoms with Crippen molar-refractivity contribution in [2.24, 2.45) is 0 Å². The quantitative estimate of drug-likeness (QED) is 0.808. The van der Waals surface area contributed by atoms with Crippen LogP contribution >= 0.6 is 11.6 Å². The summed E-state index contributed by atoms with van der Waals surface area (Å²) >= 11 is 5.86. The lowest BCUT2D eigenvalue weighted by molar-refractivity contribution is 0.111. The number of nitrogens with one attached hydrogen (secondary N) is 1. The van der Waals surface area contributed by atoms with E-state index in [-0.39, 0.29) is 6.10 Å². The molecule has 1 aromatic heterocycles. The minimum atomic E-state index is -0.0175. The predicted molar refractivity (Wildman–Crippen MR) is 52.5 cm³/mol. The van der Waals surface area contributed by atoms with Crippen LogP contribution in [-0.4, -0.2) is 25.4 Å². The standard InChI is InChI=1S/C9H11ClN2O2/c1-13-9-7(2-6(10)3-12-9)8-4-11-5-14-8/h2-3,8,11H,4-5H2,1H3. The number of rotatable bonds is 2. The van der Waals surface area contributed by atoms with Crippen molar-refractivity contribution in [3.8, 4) is 5.88 Å². The molecule has 14 heavy (non-hydrogen) atoms. The van der Waals surface area contributed by atoms with Gasteiger partial charge >= 0.3 is 0 Å². The van der Waals surface area contributed by atoms with E-state index in [1.807, 2.05) is 6.07 Å². The maximum atomic E-state index is 5.86. The highest BCUT2D eigenvalue weighted by molar-refractivity contribution is 6.30. The van der Waals surface area contributed by atoms with E-state index < -0.39 is 0 Å². The van der Waals surface area contributed by atoms with Gasteiger partial charge in [0, 0.05) is 18.3 Å². The molecule has 1 unspecified atom stereocenters. The van der Waals surface area contributed by atoms with Crippen molar-refractivity contribution >= 4 is 11.6 Å². The van der Waals surface area contributed by atoms with Gasteiger partial charge in [0.15, 0.2) is 0 Å². The number of nitrogens with zero attached hydrogens (tertiary/aromatic N) is 1. The molecule has 2 heterocycles. The van der Waals surface area contributed by atoms with Crippen molar-refractivity contribution in [3.05, 3.63) is 22.8 Å². The topological polar surface area (TPSA) is 43.4 Å². The monoisotopic (exact) mass is 214 g/mol. The zero-order valence-electron chi connectivity index (χ0n) is 7.79. The van der Waals surface area contributed by atoms with Gasteiger partial charge in [0.2, 0.25) is 5.88 Å². The van der Waals surface area contributed by atoms with Gasteiger partial charge in [0.05, 0.1) is 18.9 Å². The zero-order chi connectivity index (χ0) is 9.97. The maximum absolute atomic E-state index is 5.86. The zero-order valence-corrected chi connectivity index (χ0v) is 8.54. The van der Waals surface area contributed by atoms with E-state index in [9.17, 15) is 0 Å². The lowest BCUT2D eigenvalue weighted by Crippen LogP contribution is -2.09. The highest BCUT2D eigenvalue weighted by Gasteiger charge is 2.21. The number of halogens is 1. The molecular weight excluding hydrogens is 204 g/mol. The summed E-state index contributed by atoms with van der Waals surface area (Å²) in [7, 11) is 1.59. The van der Waals surface area contributed by atoms with Gasteiger partial charge in [-0.2, -0.15) is 0 Å². The van der Waals surface area contributed by atoms with Gasteiger partial charge in [0.25, 0.3) is 0 Å². The highest BCUT2D eigenvalue weighted by atomic mass is 35.5. The third-order valence-corrected chi connectivity index (χ3v) is 2.31. The van der Waals surface area contributed by atoms with E-state index >= 15 is 0 Å². The summed E-state index contributed by atoms with van der Waals surface area (Å²) in [5.41, 5.74) is 0.894. The minimum Gasteiger partial charge on any atom is -0.481 e. The first-order valence-corrected chi connectivity index (χ1v) is 4.71. The van der Waals surface area contributed by atoms with Crippen LogP contribution in [-0.2, 0) is 4.74 Å². The summed E-state index contributed by atoms with van der Waals surface area (Å²) in [6.45, 7) is 1.32. The van der Waals surface area contributed by atoms with E-state index in [0.717, 1.165) is 12.1 Å². The maximum Gasteiger partial charge on any atom is 0.219 e. The molecule has 0 bridgehead atoms. The van der Waals surface area contributed by atoms with E-state index in [1.54, 1.807) is 13.3 Å². The number of hydrogen-bond acceptors (Lipinski definition) is 4. The molecule has 0 saturated carbocycles. The first-order valence-electron chi connectivity index (χ1n) is 4.33. The first-order chi connectivity index (χ1) is 6.81. The number of hydrogen-bond donors (Lipinski definition) is 1. The second-order valence-electron chi connectivity index (χ2n) is 3.01. The molecule has 0 aromatic carbocycles. The molecule has 0 radical (unpaired) electrons. The molecule has 0 aliphatic carbocycles. The Balaban J connectivity index is 2.33. The molecule has 1 atom stereocenters. The van der Waals surface area contributed by atoms with Gasteiger partial charge in [-0.1, -0.05) is 11.6 Å². The summed E-state index contributed by atoms with van der Waals surface area (Å²) in [6.07, 6.45) is 1.54. The highest BCUT2D eigenvalue weighted by Crippen LogP contribution is 2.29. The van der Waals surface area contributed by atoms with Crippen LogP contribution in [0.25, 0.3) is 0 Å². The third kappa shape index (κ3) is 1.82. The number of methoxy groups -OCH3 is 1. The first kappa shape index (κ1) is 9.71. The summed E-state index contributed by atoms with van der Waals surface area (Å²) in [5.74, 6) is 0.572. The Hall–Kier alpha value is -0.840. The van der Waals surface area contributed by atoms with Crippen molar-refractivity contribution in [1.82, 2.24) is 10.3 Å². The Morgan fingerprint density at radius 1 is 1.71 bits per heavy atom. The van der Waals surface area contributed by atoms with Gasteiger partial charge in [-0.25, -0.2) is 4.98 Å². The third-order valence-electron chi connectivity index (χ3n) is 2.10. The Morgan fingerprint density at radius 2 is 2.57 bits per heavy atom. The minimum absolute atomic E-state index is 0.0175. The summed E-state index contributed by atoms with van der Waals surface area (Å²) in [5, 5.41) is 3.69. The molecular formula is C9H11ClN2O2. The second kappa shape index (κ2) is 4.13. The Kier molecular flexibility index (Phi) is 2.86. The number of pyridine rings is 1. The van der Waals surface area contributed by atoms with Crippen molar-refractivity contribution in [1.29, 1.82) is 0 Å². The van der Waals surface area contributed by atoms with Gasteiger partial charge in [-0.15, -0.1) is 0 Å². The van der Waals surface area contributed by atoms with E-state index in [4.69, 9.17) is 21.1 Å². The fourth-order valence-corrected chi connectivity index (χ4v) is 1.62. The number of aromatic nitrogens is 1. The molecule has 1 saturated heterocycles. The molecule has 4 nitrogen and oxygen atoms in total. The summed E-state index contributed by atoms with van der Waals surface area (Å²) in [6, 6.07) is 1.82. The van der Waals surface area contributed by atoms with Crippen LogP contribution < -0.4 is 10.1 Å². The normalized spacial score (nSPS) is 21.1. The fraction of sp³-hybridized carbons (Fsp3) is 0.444. The van der Waals surface area contributed by atoms with Gasteiger partial charge in [0.1, 0.15) is 6.10 Å². The van der Waals surface area contributed by atoms with Gasteiger partial charge < -0.3 is 9.47 Å². The Labute approximate surface area is 87.2 Å². The van der Waals surface area contributed by atoms with Crippen molar-refractivity contribution < 1.29 is 9.47 Å². The van der Waals surface area contributed by atoms with Crippen LogP contribution in [0.5, 0.6) is 5.88 Å². The van der Waals surface area contributed by atoms with E-state index in [1.165, 1.54) is 0 Å². The smallest absolute Gasteiger partial charge is 0.219 e. The number of ether oxygens (including phenoxy) is 2. The van der Waals surface area contributed by atoms with E-state index in [0.29, 0.717) is 17.6 Å². The lowest BCUT2D eigenvalue weighted by Gasteiger charge is -2.12. The van der Waals surface area contributed by atoms with Crippen molar-refractivity contribution in [2.75, 3.05) is 20.4 Å². The van der Waals surface area contributed by atoms with Crippen molar-refractivity contribution in [2.45, 2.75) is 6.10 Å². The summed E-state index contributed by atoms with van der Waals surface area (Å²) < 4.78 is 10.6. The van der Waals surface area contributed by atoms with Crippen LogP contribution in [0.1, 0.15) is 11.7 Å². The molecule has 1 aliphatic rings. The van der Waals surface area contributed by atoms with Crippen LogP contribution in [0.2, 0.25) is 5.02 Å². The molecule has 1 fully saturated rings. The Bertz CT molecular complexity index is 327.